The second-order valence-electron chi connectivity index (χ2n) is 7.53. The van der Waals surface area contributed by atoms with Gasteiger partial charge in [0.25, 0.3) is 5.91 Å². The third kappa shape index (κ3) is 4.49. The van der Waals surface area contributed by atoms with E-state index in [9.17, 15) is 9.18 Å². The van der Waals surface area contributed by atoms with Gasteiger partial charge in [0, 0.05) is 6.20 Å². The summed E-state index contributed by atoms with van der Waals surface area (Å²) in [6.07, 6.45) is 5.30. The molecule has 1 aliphatic heterocycles. The van der Waals surface area contributed by atoms with Crippen LogP contribution in [0.1, 0.15) is 29.8 Å². The van der Waals surface area contributed by atoms with Gasteiger partial charge in [-0.25, -0.2) is 19.8 Å². The van der Waals surface area contributed by atoms with E-state index in [1.165, 1.54) is 24.1 Å². The number of guanidine groups is 1. The molecule has 4 rings (SSSR count). The summed E-state index contributed by atoms with van der Waals surface area (Å²) >= 11 is 0. The minimum atomic E-state index is -0.396. The lowest BCUT2D eigenvalue weighted by Crippen LogP contribution is -2.42. The van der Waals surface area contributed by atoms with Crippen LogP contribution in [0, 0.1) is 12.7 Å². The zero-order chi connectivity index (χ0) is 23.5. The van der Waals surface area contributed by atoms with E-state index in [-0.39, 0.29) is 23.4 Å². The summed E-state index contributed by atoms with van der Waals surface area (Å²) in [6.45, 7) is 3.75. The monoisotopic (exact) mass is 449 g/mol. The van der Waals surface area contributed by atoms with Crippen LogP contribution in [-0.2, 0) is 9.63 Å². The average Bonchev–Trinajstić information content (AvgIpc) is 3.37. The Balaban J connectivity index is 1.66. The summed E-state index contributed by atoms with van der Waals surface area (Å²) < 4.78 is 20.8. The fraction of sp³-hybridized carbons (Fsp3) is 0.208. The summed E-state index contributed by atoms with van der Waals surface area (Å²) in [7, 11) is 3.03. The molecular formula is C24H24FN5O3. The first-order chi connectivity index (χ1) is 15.9. The summed E-state index contributed by atoms with van der Waals surface area (Å²) in [4.78, 5) is 28.4. The van der Waals surface area contributed by atoms with Gasteiger partial charge in [-0.15, -0.1) is 0 Å². The highest BCUT2D eigenvalue weighted by Crippen LogP contribution is 2.30. The smallest absolute Gasteiger partial charge is 0.279 e. The van der Waals surface area contributed by atoms with Gasteiger partial charge in [-0.3, -0.25) is 14.5 Å². The molecule has 2 heterocycles. The quantitative estimate of drug-likeness (QED) is 0.458. The van der Waals surface area contributed by atoms with Gasteiger partial charge in [0.15, 0.2) is 0 Å². The van der Waals surface area contributed by atoms with Crippen LogP contribution < -0.4 is 10.2 Å². The van der Waals surface area contributed by atoms with Crippen LogP contribution in [0.3, 0.4) is 0 Å². The Hall–Kier alpha value is -3.98. The maximum absolute atomic E-state index is 13.3. The van der Waals surface area contributed by atoms with E-state index in [1.807, 2.05) is 42.8 Å². The van der Waals surface area contributed by atoms with Crippen LogP contribution in [0.25, 0.3) is 11.8 Å². The molecule has 0 aliphatic carbocycles. The molecule has 9 heteroatoms. The highest BCUT2D eigenvalue weighted by Gasteiger charge is 2.35. The number of carbonyl (C=O) groups excluding carboxylic acids is 1. The van der Waals surface area contributed by atoms with Crippen molar-refractivity contribution < 1.29 is 18.8 Å². The predicted molar refractivity (Wildman–Crippen MR) is 122 cm³/mol. The number of benzene rings is 2. The Morgan fingerprint density at radius 3 is 2.55 bits per heavy atom. The SMILES string of the molecule is CONC1=NC(=Cc2ccc(-n3cnc(C)c3)c(OC)c2)C(=O)N1C(C)c1ccc(F)cc1. The number of amides is 1. The standard InChI is InChI=1S/C24H24FN5O3/c1-15-13-29(14-26-15)21-10-5-17(12-22(21)32-3)11-20-23(31)30(24(27-20)28-33-4)16(2)18-6-8-19(25)9-7-18/h5-14,16H,1-4H3,(H,27,28). The number of nitrogens with zero attached hydrogens (tertiary/aromatic N) is 4. The molecule has 8 nitrogen and oxygen atoms in total. The molecule has 0 spiro atoms. The molecule has 170 valence electrons. The number of imidazole rings is 1. The Morgan fingerprint density at radius 2 is 1.91 bits per heavy atom. The van der Waals surface area contributed by atoms with E-state index in [4.69, 9.17) is 9.57 Å². The van der Waals surface area contributed by atoms with Crippen molar-refractivity contribution in [2.24, 2.45) is 4.99 Å². The van der Waals surface area contributed by atoms with E-state index in [0.29, 0.717) is 5.75 Å². The maximum Gasteiger partial charge on any atom is 0.279 e. The molecule has 0 bridgehead atoms. The Bertz CT molecular complexity index is 1230. The molecule has 1 N–H and O–H groups in total. The van der Waals surface area contributed by atoms with Crippen molar-refractivity contribution >= 4 is 17.9 Å². The minimum Gasteiger partial charge on any atom is -0.495 e. The summed E-state index contributed by atoms with van der Waals surface area (Å²) in [5.74, 6) is 0.233. The molecule has 0 saturated heterocycles. The lowest BCUT2D eigenvalue weighted by molar-refractivity contribution is -0.124. The molecule has 0 radical (unpaired) electrons. The molecule has 1 atom stereocenters. The second kappa shape index (κ2) is 9.25. The second-order valence-corrected chi connectivity index (χ2v) is 7.53. The fourth-order valence-corrected chi connectivity index (χ4v) is 3.65. The normalized spacial score (nSPS) is 15.7. The number of ether oxygens (including phenoxy) is 1. The lowest BCUT2D eigenvalue weighted by atomic mass is 10.1. The third-order valence-electron chi connectivity index (χ3n) is 5.32. The number of rotatable bonds is 6. The van der Waals surface area contributed by atoms with Crippen molar-refractivity contribution in [2.45, 2.75) is 19.9 Å². The molecule has 3 aromatic rings. The Kier molecular flexibility index (Phi) is 6.23. The van der Waals surface area contributed by atoms with Crippen LogP contribution in [-0.4, -0.2) is 40.5 Å². The number of aromatic nitrogens is 2. The number of carbonyl (C=O) groups is 1. The highest BCUT2D eigenvalue weighted by molar-refractivity contribution is 6.13. The first-order valence-corrected chi connectivity index (χ1v) is 10.3. The average molecular weight is 449 g/mol. The fourth-order valence-electron chi connectivity index (χ4n) is 3.65. The predicted octanol–water partition coefficient (Wildman–Crippen LogP) is 3.78. The van der Waals surface area contributed by atoms with Crippen LogP contribution in [0.5, 0.6) is 5.75 Å². The Morgan fingerprint density at radius 1 is 1.15 bits per heavy atom. The van der Waals surface area contributed by atoms with Gasteiger partial charge in [0.1, 0.15) is 17.3 Å². The Labute approximate surface area is 190 Å². The van der Waals surface area contributed by atoms with Crippen LogP contribution >= 0.6 is 0 Å². The number of hydrogen-bond acceptors (Lipinski definition) is 6. The summed E-state index contributed by atoms with van der Waals surface area (Å²) in [6, 6.07) is 11.2. The topological polar surface area (TPSA) is 81.0 Å². The van der Waals surface area contributed by atoms with Gasteiger partial charge in [0.2, 0.25) is 5.96 Å². The van der Waals surface area contributed by atoms with E-state index >= 15 is 0 Å². The molecule has 0 fully saturated rings. The molecular weight excluding hydrogens is 425 g/mol. The molecule has 0 saturated carbocycles. The largest absolute Gasteiger partial charge is 0.495 e. The van der Waals surface area contributed by atoms with Crippen LogP contribution in [0.4, 0.5) is 4.39 Å². The third-order valence-corrected chi connectivity index (χ3v) is 5.32. The van der Waals surface area contributed by atoms with Crippen molar-refractivity contribution in [1.82, 2.24) is 19.9 Å². The zero-order valence-electron chi connectivity index (χ0n) is 18.7. The van der Waals surface area contributed by atoms with E-state index in [1.54, 1.807) is 31.6 Å². The molecule has 1 aliphatic rings. The van der Waals surface area contributed by atoms with Crippen molar-refractivity contribution in [2.75, 3.05) is 14.2 Å². The minimum absolute atomic E-state index is 0.233. The first-order valence-electron chi connectivity index (χ1n) is 10.3. The molecule has 2 aromatic carbocycles. The van der Waals surface area contributed by atoms with E-state index < -0.39 is 6.04 Å². The number of halogens is 1. The van der Waals surface area contributed by atoms with Crippen molar-refractivity contribution in [3.63, 3.8) is 0 Å². The molecule has 1 aromatic heterocycles. The molecule has 33 heavy (non-hydrogen) atoms. The maximum atomic E-state index is 13.3. The first kappa shape index (κ1) is 22.2. The van der Waals surface area contributed by atoms with Crippen molar-refractivity contribution in [3.8, 4) is 11.4 Å². The van der Waals surface area contributed by atoms with Crippen LogP contribution in [0.2, 0.25) is 0 Å². The number of methoxy groups -OCH3 is 1. The van der Waals surface area contributed by atoms with Gasteiger partial charge in [-0.05, 0) is 55.3 Å². The number of nitrogens with one attached hydrogen (secondary N) is 1. The summed E-state index contributed by atoms with van der Waals surface area (Å²) in [5, 5.41) is 0. The van der Waals surface area contributed by atoms with Gasteiger partial charge in [-0.1, -0.05) is 18.2 Å². The number of aryl methyl sites for hydroxylation is 1. The van der Waals surface area contributed by atoms with E-state index in [0.717, 1.165) is 22.5 Å². The summed E-state index contributed by atoms with van der Waals surface area (Å²) in [5.41, 5.74) is 6.12. The number of hydrogen-bond donors (Lipinski definition) is 1. The molecule has 1 amide bonds. The number of hydroxylamine groups is 1. The lowest BCUT2D eigenvalue weighted by Gasteiger charge is -2.25. The van der Waals surface area contributed by atoms with E-state index in [2.05, 4.69) is 15.5 Å². The van der Waals surface area contributed by atoms with Gasteiger partial charge in [0.05, 0.1) is 38.0 Å². The highest BCUT2D eigenvalue weighted by atomic mass is 19.1. The van der Waals surface area contributed by atoms with Crippen molar-refractivity contribution in [1.29, 1.82) is 0 Å². The number of aliphatic imine (C=N–C) groups is 1. The molecule has 1 unspecified atom stereocenters. The van der Waals surface area contributed by atoms with Gasteiger partial charge < -0.3 is 9.30 Å². The zero-order valence-corrected chi connectivity index (χ0v) is 18.7. The van der Waals surface area contributed by atoms with Crippen LogP contribution in [0.15, 0.2) is 65.7 Å². The van der Waals surface area contributed by atoms with Gasteiger partial charge >= 0.3 is 0 Å². The van der Waals surface area contributed by atoms with Crippen molar-refractivity contribution in [3.05, 3.63) is 83.3 Å². The van der Waals surface area contributed by atoms with Gasteiger partial charge in [-0.2, -0.15) is 0 Å².